The van der Waals surface area contributed by atoms with E-state index in [1.165, 1.54) is 11.1 Å². The minimum absolute atomic E-state index is 0.150. The van der Waals surface area contributed by atoms with Gasteiger partial charge in [-0.3, -0.25) is 4.79 Å². The van der Waals surface area contributed by atoms with Crippen LogP contribution >= 0.6 is 12.2 Å². The van der Waals surface area contributed by atoms with Gasteiger partial charge in [-0.2, -0.15) is 0 Å². The fourth-order valence-electron chi connectivity index (χ4n) is 3.82. The van der Waals surface area contributed by atoms with Crippen LogP contribution in [0.1, 0.15) is 23.1 Å². The molecule has 34 heavy (non-hydrogen) atoms. The molecule has 0 atom stereocenters. The molecule has 0 saturated heterocycles. The first-order valence-electron chi connectivity index (χ1n) is 11.3. The number of hydrogen-bond acceptors (Lipinski definition) is 5. The highest BCUT2D eigenvalue weighted by atomic mass is 32.1. The number of aromatic amines is 1. The van der Waals surface area contributed by atoms with Crippen molar-refractivity contribution in [1.82, 2.24) is 15.2 Å². The Bertz CT molecular complexity index is 1180. The second-order valence-corrected chi connectivity index (χ2v) is 8.48. The minimum atomic E-state index is -0.150. The van der Waals surface area contributed by atoms with Crippen molar-refractivity contribution >= 4 is 28.2 Å². The number of nitrogens with zero attached hydrogens (tertiary/aromatic N) is 1. The molecular formula is C26H33N3O4S. The number of thiocarbonyl (C=S) groups is 1. The summed E-state index contributed by atoms with van der Waals surface area (Å²) in [6.45, 7) is 4.55. The first-order valence-corrected chi connectivity index (χ1v) is 11.7. The third kappa shape index (κ3) is 6.48. The predicted molar refractivity (Wildman–Crippen MR) is 140 cm³/mol. The van der Waals surface area contributed by atoms with E-state index in [9.17, 15) is 4.79 Å². The van der Waals surface area contributed by atoms with Gasteiger partial charge in [-0.15, -0.1) is 0 Å². The third-order valence-electron chi connectivity index (χ3n) is 5.79. The number of aryl methyl sites for hydroxylation is 1. The summed E-state index contributed by atoms with van der Waals surface area (Å²) in [5.74, 6) is 1.18. The zero-order chi connectivity index (χ0) is 24.5. The van der Waals surface area contributed by atoms with E-state index in [1.807, 2.05) is 29.2 Å². The topological polar surface area (TPSA) is 75.8 Å². The van der Waals surface area contributed by atoms with E-state index >= 15 is 0 Å². The van der Waals surface area contributed by atoms with Gasteiger partial charge in [-0.1, -0.05) is 24.3 Å². The summed E-state index contributed by atoms with van der Waals surface area (Å²) >= 11 is 5.71. The van der Waals surface area contributed by atoms with E-state index in [2.05, 4.69) is 29.4 Å². The molecule has 3 aromatic rings. The second-order valence-electron chi connectivity index (χ2n) is 8.09. The quantitative estimate of drug-likeness (QED) is 0.317. The molecule has 0 saturated carbocycles. The van der Waals surface area contributed by atoms with Crippen LogP contribution in [0.3, 0.4) is 0 Å². The Balaban J connectivity index is 1.85. The van der Waals surface area contributed by atoms with Gasteiger partial charge in [0.1, 0.15) is 0 Å². The molecule has 2 N–H and O–H groups in total. The molecular weight excluding hydrogens is 450 g/mol. The Morgan fingerprint density at radius 3 is 2.50 bits per heavy atom. The number of benzene rings is 2. The average molecular weight is 484 g/mol. The Morgan fingerprint density at radius 2 is 1.79 bits per heavy atom. The molecule has 0 radical (unpaired) electrons. The van der Waals surface area contributed by atoms with Gasteiger partial charge in [-0.25, -0.2) is 0 Å². The maximum Gasteiger partial charge on any atom is 0.253 e. The number of ether oxygens (including phenoxy) is 3. The molecule has 0 aliphatic heterocycles. The Labute approximate surface area is 206 Å². The molecule has 0 aliphatic carbocycles. The molecule has 8 heteroatoms. The summed E-state index contributed by atoms with van der Waals surface area (Å²) in [6, 6.07) is 13.9. The zero-order valence-electron chi connectivity index (χ0n) is 20.3. The van der Waals surface area contributed by atoms with Gasteiger partial charge in [0.2, 0.25) is 0 Å². The van der Waals surface area contributed by atoms with Crippen LogP contribution in [-0.2, 0) is 17.7 Å². The number of aromatic nitrogens is 1. The Kier molecular flexibility index (Phi) is 9.30. The lowest BCUT2D eigenvalue weighted by Crippen LogP contribution is -2.42. The molecule has 0 unspecified atom stereocenters. The summed E-state index contributed by atoms with van der Waals surface area (Å²) in [5, 5.41) is 4.79. The van der Waals surface area contributed by atoms with Crippen LogP contribution in [0.15, 0.2) is 47.3 Å². The zero-order valence-corrected chi connectivity index (χ0v) is 21.1. The lowest BCUT2D eigenvalue weighted by atomic mass is 10.1. The second kappa shape index (κ2) is 12.4. The van der Waals surface area contributed by atoms with Crippen LogP contribution in [0, 0.1) is 6.92 Å². The fraction of sp³-hybridized carbons (Fsp3) is 0.385. The van der Waals surface area contributed by atoms with Crippen molar-refractivity contribution in [2.45, 2.75) is 26.3 Å². The van der Waals surface area contributed by atoms with E-state index in [1.54, 1.807) is 27.4 Å². The van der Waals surface area contributed by atoms with Crippen LogP contribution in [0.2, 0.25) is 0 Å². The molecule has 1 aromatic heterocycles. The molecule has 7 nitrogen and oxygen atoms in total. The first-order chi connectivity index (χ1) is 16.5. The largest absolute Gasteiger partial charge is 0.493 e. The lowest BCUT2D eigenvalue weighted by molar-refractivity contribution is 0.195. The highest BCUT2D eigenvalue weighted by Crippen LogP contribution is 2.31. The van der Waals surface area contributed by atoms with Crippen molar-refractivity contribution in [3.63, 3.8) is 0 Å². The maximum absolute atomic E-state index is 12.9. The molecule has 0 aliphatic rings. The van der Waals surface area contributed by atoms with E-state index in [4.69, 9.17) is 26.4 Å². The van der Waals surface area contributed by atoms with Gasteiger partial charge in [0.25, 0.3) is 5.56 Å². The average Bonchev–Trinajstić information content (AvgIpc) is 2.84. The molecule has 0 spiro atoms. The summed E-state index contributed by atoms with van der Waals surface area (Å²) < 4.78 is 15.9. The number of fused-ring (bicyclic) bond motifs is 1. The summed E-state index contributed by atoms with van der Waals surface area (Å²) in [5.41, 5.74) is 3.68. The highest BCUT2D eigenvalue weighted by molar-refractivity contribution is 7.80. The van der Waals surface area contributed by atoms with Crippen molar-refractivity contribution < 1.29 is 14.2 Å². The van der Waals surface area contributed by atoms with Crippen molar-refractivity contribution in [2.24, 2.45) is 0 Å². The van der Waals surface area contributed by atoms with Crippen molar-refractivity contribution in [1.29, 1.82) is 0 Å². The van der Waals surface area contributed by atoms with Gasteiger partial charge in [0.15, 0.2) is 16.6 Å². The first kappa shape index (κ1) is 25.5. The van der Waals surface area contributed by atoms with Crippen LogP contribution < -0.4 is 20.3 Å². The third-order valence-corrected chi connectivity index (χ3v) is 6.19. The normalized spacial score (nSPS) is 10.8. The van der Waals surface area contributed by atoms with Gasteiger partial charge in [0, 0.05) is 43.8 Å². The summed E-state index contributed by atoms with van der Waals surface area (Å²) in [7, 11) is 4.85. The van der Waals surface area contributed by atoms with Crippen molar-refractivity contribution in [3.8, 4) is 11.5 Å². The number of hydrogen-bond donors (Lipinski definition) is 2. The van der Waals surface area contributed by atoms with Gasteiger partial charge >= 0.3 is 0 Å². The van der Waals surface area contributed by atoms with Crippen LogP contribution in [0.4, 0.5) is 0 Å². The molecule has 2 aromatic carbocycles. The fourth-order valence-corrected chi connectivity index (χ4v) is 4.08. The smallest absolute Gasteiger partial charge is 0.253 e. The van der Waals surface area contributed by atoms with E-state index < -0.39 is 0 Å². The molecule has 182 valence electrons. The number of H-pyrrole nitrogens is 1. The van der Waals surface area contributed by atoms with Crippen molar-refractivity contribution in [2.75, 3.05) is 41.0 Å². The Hall–Kier alpha value is -3.10. The lowest BCUT2D eigenvalue weighted by Gasteiger charge is -2.26. The Morgan fingerprint density at radius 1 is 1.06 bits per heavy atom. The summed E-state index contributed by atoms with van der Waals surface area (Å²) in [6.07, 6.45) is 1.67. The van der Waals surface area contributed by atoms with Crippen LogP contribution in [0.25, 0.3) is 10.9 Å². The van der Waals surface area contributed by atoms with E-state index in [0.29, 0.717) is 53.9 Å². The summed E-state index contributed by atoms with van der Waals surface area (Å²) in [4.78, 5) is 18.0. The van der Waals surface area contributed by atoms with Gasteiger partial charge < -0.3 is 29.4 Å². The molecule has 3 rings (SSSR count). The molecule has 0 bridgehead atoms. The van der Waals surface area contributed by atoms with Gasteiger partial charge in [-0.05, 0) is 55.2 Å². The number of rotatable bonds is 11. The monoisotopic (exact) mass is 483 g/mol. The van der Waals surface area contributed by atoms with E-state index in [-0.39, 0.29) is 5.56 Å². The molecule has 1 heterocycles. The number of pyridine rings is 1. The van der Waals surface area contributed by atoms with Gasteiger partial charge in [0.05, 0.1) is 26.3 Å². The maximum atomic E-state index is 12.9. The molecule has 0 fully saturated rings. The standard InChI is InChI=1S/C26H33N3O4S/c1-18-8-5-6-9-19(18)10-12-29(26(34)27-11-7-13-31-2)17-21-14-20-15-23(32-3)24(33-4)16-22(20)28-25(21)30/h5-6,8-9,14-16H,7,10-13,17H2,1-4H3,(H,27,34)(H,28,30). The number of nitrogens with one attached hydrogen (secondary N) is 2. The predicted octanol–water partition coefficient (Wildman–Crippen LogP) is 3.81. The van der Waals surface area contributed by atoms with Crippen molar-refractivity contribution in [3.05, 3.63) is 69.5 Å². The molecule has 0 amide bonds. The number of methoxy groups -OCH3 is 3. The SMILES string of the molecule is COCCCNC(=S)N(CCc1ccccc1C)Cc1cc2cc(OC)c(OC)cc2[nH]c1=O. The highest BCUT2D eigenvalue weighted by Gasteiger charge is 2.15. The van der Waals surface area contributed by atoms with E-state index in [0.717, 1.165) is 18.2 Å². The van der Waals surface area contributed by atoms with Crippen LogP contribution in [-0.4, -0.2) is 56.0 Å². The van der Waals surface area contributed by atoms with Crippen LogP contribution in [0.5, 0.6) is 11.5 Å². The minimum Gasteiger partial charge on any atom is -0.493 e.